The van der Waals surface area contributed by atoms with Crippen LogP contribution in [0.5, 0.6) is 0 Å². The molecule has 0 saturated carbocycles. The number of quaternary nitrogens is 1. The van der Waals surface area contributed by atoms with Gasteiger partial charge in [0.2, 0.25) is 0 Å². The first kappa shape index (κ1) is 17.9. The predicted octanol–water partition coefficient (Wildman–Crippen LogP) is 4.21. The summed E-state index contributed by atoms with van der Waals surface area (Å²) in [6.07, 6.45) is 0. The molecule has 0 bridgehead atoms. The van der Waals surface area contributed by atoms with Gasteiger partial charge in [-0.05, 0) is 12.1 Å². The van der Waals surface area contributed by atoms with Gasteiger partial charge in [0.25, 0.3) is 0 Å². The summed E-state index contributed by atoms with van der Waals surface area (Å²) in [6, 6.07) is 6.58. The molecular formula is C13H9Cl3N6. The van der Waals surface area contributed by atoms with Crippen molar-refractivity contribution in [2.75, 3.05) is 5.73 Å². The van der Waals surface area contributed by atoms with Gasteiger partial charge in [0.15, 0.2) is 5.82 Å². The molecule has 0 fully saturated rings. The topological polar surface area (TPSA) is 134 Å². The lowest BCUT2D eigenvalue weighted by molar-refractivity contribution is 1.16. The van der Waals surface area contributed by atoms with E-state index >= 15 is 0 Å². The Labute approximate surface area is 141 Å². The Morgan fingerprint density at radius 2 is 1.77 bits per heavy atom. The van der Waals surface area contributed by atoms with E-state index in [1.165, 1.54) is 0 Å². The number of anilines is 1. The number of rotatable bonds is 2. The van der Waals surface area contributed by atoms with Gasteiger partial charge in [-0.25, -0.2) is 15.8 Å². The van der Waals surface area contributed by atoms with Crippen molar-refractivity contribution in [1.29, 1.82) is 5.26 Å². The number of hydrogen-bond acceptors (Lipinski definition) is 4. The van der Waals surface area contributed by atoms with E-state index in [9.17, 15) is 0 Å². The molecule has 9 heteroatoms. The fourth-order valence-corrected chi connectivity index (χ4v) is 2.33. The Balaban J connectivity index is 0.00000242. The summed E-state index contributed by atoms with van der Waals surface area (Å²) in [5.74, 6) is 1.72. The van der Waals surface area contributed by atoms with Crippen molar-refractivity contribution in [3.8, 4) is 17.5 Å². The average molecular weight is 356 g/mol. The van der Waals surface area contributed by atoms with Crippen LogP contribution in [0.2, 0.25) is 15.1 Å². The van der Waals surface area contributed by atoms with Gasteiger partial charge >= 0.3 is 0 Å². The minimum atomic E-state index is -0.279. The number of benzene rings is 1. The standard InChI is InChI=1S/C13H5Cl3N5.H3N/c14-7-2-1-3-8(15)9(7)13-20-11(6(4-17)5-18)10(16)12(19)21-13;/h1-3H,(H2,19,20,21);1H3/q-1;/p+1. The van der Waals surface area contributed by atoms with Crippen LogP contribution in [-0.4, -0.2) is 15.8 Å². The average Bonchev–Trinajstić information content (AvgIpc) is 2.44. The van der Waals surface area contributed by atoms with Gasteiger partial charge in [-0.3, -0.25) is 0 Å². The number of halogens is 3. The van der Waals surface area contributed by atoms with Gasteiger partial charge in [0, 0.05) is 0 Å². The van der Waals surface area contributed by atoms with E-state index in [1.807, 2.05) is 0 Å². The zero-order chi connectivity index (χ0) is 15.6. The Morgan fingerprint density at radius 1 is 1.18 bits per heavy atom. The van der Waals surface area contributed by atoms with Crippen LogP contribution in [0.3, 0.4) is 0 Å². The third-order valence-electron chi connectivity index (χ3n) is 2.52. The predicted molar refractivity (Wildman–Crippen MR) is 90.3 cm³/mol. The molecule has 22 heavy (non-hydrogen) atoms. The van der Waals surface area contributed by atoms with Crippen LogP contribution < -0.4 is 11.9 Å². The van der Waals surface area contributed by atoms with E-state index in [2.05, 4.69) is 9.97 Å². The van der Waals surface area contributed by atoms with Crippen molar-refractivity contribution in [2.45, 2.75) is 0 Å². The molecule has 0 unspecified atom stereocenters. The van der Waals surface area contributed by atoms with Crippen molar-refractivity contribution in [3.05, 3.63) is 44.4 Å². The fourth-order valence-electron chi connectivity index (χ4n) is 1.58. The van der Waals surface area contributed by atoms with Crippen molar-refractivity contribution in [3.63, 3.8) is 0 Å². The third-order valence-corrected chi connectivity index (χ3v) is 3.53. The second-order valence-corrected chi connectivity index (χ2v) is 4.98. The highest BCUT2D eigenvalue weighted by atomic mass is 35.5. The summed E-state index contributed by atoms with van der Waals surface area (Å²) in [4.78, 5) is 8.10. The molecule has 1 heterocycles. The Morgan fingerprint density at radius 3 is 2.27 bits per heavy atom. The minimum absolute atomic E-state index is 0. The molecule has 0 aliphatic carbocycles. The van der Waals surface area contributed by atoms with E-state index in [0.29, 0.717) is 15.6 Å². The lowest BCUT2D eigenvalue weighted by atomic mass is 10.1. The Kier molecular flexibility index (Phi) is 5.89. The van der Waals surface area contributed by atoms with E-state index < -0.39 is 0 Å². The number of aromatic nitrogens is 2. The largest absolute Gasteiger partial charge is 0.762 e. The molecular weight excluding hydrogens is 347 g/mol. The van der Waals surface area contributed by atoms with Crippen LogP contribution in [0, 0.1) is 11.3 Å². The highest BCUT2D eigenvalue weighted by molar-refractivity contribution is 6.39. The van der Waals surface area contributed by atoms with Gasteiger partial charge in [-0.1, -0.05) is 40.9 Å². The quantitative estimate of drug-likeness (QED) is 0.616. The van der Waals surface area contributed by atoms with E-state index in [1.54, 1.807) is 30.1 Å². The summed E-state index contributed by atoms with van der Waals surface area (Å²) >= 11 is 18.1. The second-order valence-electron chi connectivity index (χ2n) is 3.79. The molecule has 1 aromatic carbocycles. The van der Waals surface area contributed by atoms with Crippen LogP contribution in [0.1, 0.15) is 5.69 Å². The van der Waals surface area contributed by atoms with Gasteiger partial charge in [-0.2, -0.15) is 5.26 Å². The van der Waals surface area contributed by atoms with Gasteiger partial charge in [0.05, 0.1) is 21.2 Å². The van der Waals surface area contributed by atoms with Crippen LogP contribution in [0.4, 0.5) is 5.82 Å². The summed E-state index contributed by atoms with van der Waals surface area (Å²) < 4.78 is 0. The highest BCUT2D eigenvalue weighted by Gasteiger charge is 2.18. The van der Waals surface area contributed by atoms with Gasteiger partial charge < -0.3 is 17.3 Å². The zero-order valence-corrected chi connectivity index (χ0v) is 13.5. The summed E-state index contributed by atoms with van der Waals surface area (Å²) in [5.41, 5.74) is 5.72. The maximum atomic E-state index is 8.94. The molecule has 0 amide bonds. The maximum Gasteiger partial charge on any atom is 0.165 e. The summed E-state index contributed by atoms with van der Waals surface area (Å²) in [6.45, 7) is 0. The smallest absolute Gasteiger partial charge is 0.165 e. The minimum Gasteiger partial charge on any atom is -0.762 e. The summed E-state index contributed by atoms with van der Waals surface area (Å²) in [7, 11) is 0. The third kappa shape index (κ3) is 3.20. The van der Waals surface area contributed by atoms with Crippen LogP contribution in [-0.2, 0) is 0 Å². The number of hydrogen-bond donors (Lipinski definition) is 2. The molecule has 0 spiro atoms. The number of allylic oxidation sites excluding steroid dienone is 1. The molecule has 112 valence electrons. The van der Waals surface area contributed by atoms with Crippen molar-refractivity contribution in [1.82, 2.24) is 16.1 Å². The molecule has 2 aromatic rings. The number of nitrogen functional groups attached to an aromatic ring is 1. The van der Waals surface area contributed by atoms with Crippen LogP contribution >= 0.6 is 34.8 Å². The number of nitriles is 1. The zero-order valence-electron chi connectivity index (χ0n) is 11.2. The molecule has 0 saturated heterocycles. The first-order valence-electron chi connectivity index (χ1n) is 5.44. The SMILES string of the molecule is N#CC(=C=[N-])c1nc(-c2c(Cl)cccc2Cl)nc(N)c1Cl.[NH4+]. The van der Waals surface area contributed by atoms with Crippen LogP contribution in [0.15, 0.2) is 18.2 Å². The highest BCUT2D eigenvalue weighted by Crippen LogP contribution is 2.35. The normalized spacial score (nSPS) is 9.36. The first-order chi connectivity index (χ1) is 9.99. The summed E-state index contributed by atoms with van der Waals surface area (Å²) in [5, 5.41) is 18.4. The molecule has 0 aliphatic rings. The second kappa shape index (κ2) is 7.23. The van der Waals surface area contributed by atoms with Crippen molar-refractivity contribution < 1.29 is 0 Å². The maximum absolute atomic E-state index is 8.94. The molecule has 6 N–H and O–H groups in total. The number of nitrogens with two attached hydrogens (primary N) is 1. The molecule has 1 aromatic heterocycles. The van der Waals surface area contributed by atoms with Gasteiger partial charge in [-0.15, -0.1) is 0 Å². The molecule has 2 rings (SSSR count). The lowest BCUT2D eigenvalue weighted by Crippen LogP contribution is -2.03. The Bertz CT molecular complexity index is 801. The lowest BCUT2D eigenvalue weighted by Gasteiger charge is -2.10. The monoisotopic (exact) mass is 354 g/mol. The molecule has 0 radical (unpaired) electrons. The van der Waals surface area contributed by atoms with Crippen molar-refractivity contribution in [2.24, 2.45) is 0 Å². The van der Waals surface area contributed by atoms with E-state index in [4.69, 9.17) is 51.2 Å². The van der Waals surface area contributed by atoms with Gasteiger partial charge in [0.1, 0.15) is 22.6 Å². The first-order valence-corrected chi connectivity index (χ1v) is 6.58. The van der Waals surface area contributed by atoms with Crippen LogP contribution in [0.25, 0.3) is 22.4 Å². The molecule has 6 nitrogen and oxygen atoms in total. The van der Waals surface area contributed by atoms with Crippen molar-refractivity contribution >= 4 is 52.1 Å². The number of nitrogens with zero attached hydrogens (tertiary/aromatic N) is 4. The molecule has 0 atom stereocenters. The molecule has 0 aliphatic heterocycles. The van der Waals surface area contributed by atoms with E-state index in [0.717, 1.165) is 0 Å². The van der Waals surface area contributed by atoms with E-state index in [-0.39, 0.29) is 34.1 Å². The Hall–Kier alpha value is -2.13. The fraction of sp³-hybridized carbons (Fsp3) is 0.